The first-order valence-corrected chi connectivity index (χ1v) is 6.93. The monoisotopic (exact) mass is 318 g/mol. The number of carbonyl (C=O) groups is 2. The van der Waals surface area contributed by atoms with Crippen molar-refractivity contribution >= 4 is 11.9 Å². The molecule has 0 aliphatic carbocycles. The Kier molecular flexibility index (Phi) is 7.13. The Balaban J connectivity index is 0.000000238. The van der Waals surface area contributed by atoms with Gasteiger partial charge < -0.3 is 20.1 Å². The van der Waals surface area contributed by atoms with Gasteiger partial charge in [-0.25, -0.2) is 9.59 Å². The molecule has 0 atom stereocenters. The highest BCUT2D eigenvalue weighted by molar-refractivity contribution is 5.92. The van der Waals surface area contributed by atoms with Crippen molar-refractivity contribution in [2.24, 2.45) is 0 Å². The highest BCUT2D eigenvalue weighted by Gasteiger charge is 2.10. The highest BCUT2D eigenvalue weighted by Crippen LogP contribution is 2.16. The summed E-state index contributed by atoms with van der Waals surface area (Å²) in [6.45, 7) is 2.30. The Morgan fingerprint density at radius 1 is 0.913 bits per heavy atom. The lowest BCUT2D eigenvalue weighted by atomic mass is 10.2. The molecule has 2 rings (SSSR count). The average Bonchev–Trinajstić information content (AvgIpc) is 2.54. The summed E-state index contributed by atoms with van der Waals surface area (Å²) >= 11 is 0. The number of aromatic hydroxyl groups is 2. The van der Waals surface area contributed by atoms with Gasteiger partial charge in [0.1, 0.15) is 22.6 Å². The maximum Gasteiger partial charge on any atom is 0.341 e. The first-order valence-electron chi connectivity index (χ1n) is 6.93. The molecule has 122 valence electrons. The SMILES string of the molecule is CCCOC(=O)c1ccccc1O.O=C(O)c1ccccc1O. The fourth-order valence-electron chi connectivity index (χ4n) is 1.57. The van der Waals surface area contributed by atoms with Crippen molar-refractivity contribution in [3.05, 3.63) is 59.7 Å². The Bertz CT molecular complexity index is 666. The summed E-state index contributed by atoms with van der Waals surface area (Å²) < 4.78 is 4.86. The lowest BCUT2D eigenvalue weighted by Crippen LogP contribution is -2.05. The first-order chi connectivity index (χ1) is 11.0. The topological polar surface area (TPSA) is 104 Å². The van der Waals surface area contributed by atoms with E-state index < -0.39 is 11.9 Å². The van der Waals surface area contributed by atoms with Gasteiger partial charge in [0.25, 0.3) is 0 Å². The molecular weight excluding hydrogens is 300 g/mol. The van der Waals surface area contributed by atoms with Gasteiger partial charge in [-0.05, 0) is 30.7 Å². The summed E-state index contributed by atoms with van der Waals surface area (Å²) in [4.78, 5) is 21.5. The molecule has 0 saturated heterocycles. The molecule has 0 amide bonds. The molecule has 6 nitrogen and oxygen atoms in total. The van der Waals surface area contributed by atoms with Gasteiger partial charge in [0.05, 0.1) is 6.61 Å². The van der Waals surface area contributed by atoms with Crippen LogP contribution in [0.1, 0.15) is 34.1 Å². The van der Waals surface area contributed by atoms with Gasteiger partial charge in [-0.15, -0.1) is 0 Å². The predicted molar refractivity (Wildman–Crippen MR) is 83.7 cm³/mol. The number of phenolic OH excluding ortho intramolecular Hbond substituents is 1. The molecule has 2 aromatic carbocycles. The van der Waals surface area contributed by atoms with Crippen LogP contribution >= 0.6 is 0 Å². The molecule has 2 aromatic rings. The molecule has 0 fully saturated rings. The Labute approximate surface area is 133 Å². The number of hydrogen-bond donors (Lipinski definition) is 3. The van der Waals surface area contributed by atoms with Crippen LogP contribution in [-0.4, -0.2) is 33.9 Å². The second-order valence-electron chi connectivity index (χ2n) is 4.48. The lowest BCUT2D eigenvalue weighted by Gasteiger charge is -2.03. The van der Waals surface area contributed by atoms with E-state index in [-0.39, 0.29) is 22.6 Å². The van der Waals surface area contributed by atoms with Gasteiger partial charge in [-0.3, -0.25) is 0 Å². The fourth-order valence-corrected chi connectivity index (χ4v) is 1.57. The van der Waals surface area contributed by atoms with E-state index in [0.717, 1.165) is 6.42 Å². The van der Waals surface area contributed by atoms with Gasteiger partial charge in [-0.2, -0.15) is 0 Å². The van der Waals surface area contributed by atoms with E-state index >= 15 is 0 Å². The molecule has 0 saturated carbocycles. The van der Waals surface area contributed by atoms with E-state index in [2.05, 4.69) is 0 Å². The van der Waals surface area contributed by atoms with Crippen LogP contribution in [0, 0.1) is 0 Å². The largest absolute Gasteiger partial charge is 0.507 e. The molecule has 0 heterocycles. The number of esters is 1. The quantitative estimate of drug-likeness (QED) is 0.748. The van der Waals surface area contributed by atoms with Crippen molar-refractivity contribution in [2.45, 2.75) is 13.3 Å². The summed E-state index contributed by atoms with van der Waals surface area (Å²) in [5.41, 5.74) is 0.151. The van der Waals surface area contributed by atoms with E-state index in [1.165, 1.54) is 24.3 Å². The van der Waals surface area contributed by atoms with Crippen LogP contribution in [0.4, 0.5) is 0 Å². The summed E-state index contributed by atoms with van der Waals surface area (Å²) in [5, 5.41) is 26.6. The van der Waals surface area contributed by atoms with Crippen LogP contribution in [0.2, 0.25) is 0 Å². The minimum atomic E-state index is -1.11. The number of carboxylic acids is 1. The molecule has 3 N–H and O–H groups in total. The third-order valence-corrected chi connectivity index (χ3v) is 2.70. The maximum atomic E-state index is 11.2. The highest BCUT2D eigenvalue weighted by atomic mass is 16.5. The van der Waals surface area contributed by atoms with E-state index in [0.29, 0.717) is 6.61 Å². The van der Waals surface area contributed by atoms with E-state index in [1.54, 1.807) is 24.3 Å². The van der Waals surface area contributed by atoms with Gasteiger partial charge in [0, 0.05) is 0 Å². The van der Waals surface area contributed by atoms with Crippen molar-refractivity contribution in [1.82, 2.24) is 0 Å². The molecule has 0 unspecified atom stereocenters. The van der Waals surface area contributed by atoms with Gasteiger partial charge in [0.15, 0.2) is 0 Å². The number of carbonyl (C=O) groups excluding carboxylic acids is 1. The van der Waals surface area contributed by atoms with E-state index in [1.807, 2.05) is 6.92 Å². The van der Waals surface area contributed by atoms with Crippen molar-refractivity contribution in [1.29, 1.82) is 0 Å². The summed E-state index contributed by atoms with van der Waals surface area (Å²) in [6.07, 6.45) is 0.777. The first kappa shape index (κ1) is 18.0. The Morgan fingerprint density at radius 2 is 1.39 bits per heavy atom. The summed E-state index contributed by atoms with van der Waals surface area (Å²) in [5.74, 6) is -1.82. The van der Waals surface area contributed by atoms with E-state index in [9.17, 15) is 14.7 Å². The molecule has 0 radical (unpaired) electrons. The van der Waals surface area contributed by atoms with Crippen molar-refractivity contribution < 1.29 is 29.6 Å². The Morgan fingerprint density at radius 3 is 1.78 bits per heavy atom. The number of phenols is 2. The summed E-state index contributed by atoms with van der Waals surface area (Å²) in [6, 6.07) is 12.1. The smallest absolute Gasteiger partial charge is 0.341 e. The normalized spacial score (nSPS) is 9.43. The zero-order valence-electron chi connectivity index (χ0n) is 12.6. The standard InChI is InChI=1S/C10H12O3.C7H6O3/c1-2-7-13-10(12)8-5-3-4-6-9(8)11;8-6-4-2-1-3-5(6)7(9)10/h3-6,11H,2,7H2,1H3;1-4,8H,(H,9,10). The molecule has 6 heteroatoms. The van der Waals surface area contributed by atoms with Crippen LogP contribution in [0.15, 0.2) is 48.5 Å². The third kappa shape index (κ3) is 5.70. The number of rotatable bonds is 4. The summed E-state index contributed by atoms with van der Waals surface area (Å²) in [7, 11) is 0. The zero-order valence-corrected chi connectivity index (χ0v) is 12.6. The minimum absolute atomic E-state index is 0.0383. The van der Waals surface area contributed by atoms with Crippen LogP contribution in [0.5, 0.6) is 11.5 Å². The minimum Gasteiger partial charge on any atom is -0.507 e. The van der Waals surface area contributed by atoms with E-state index in [4.69, 9.17) is 14.9 Å². The number of carboxylic acid groups (broad SMARTS) is 1. The molecule has 23 heavy (non-hydrogen) atoms. The van der Waals surface area contributed by atoms with Crippen LogP contribution in [0.3, 0.4) is 0 Å². The molecule has 0 aliphatic heterocycles. The van der Waals surface area contributed by atoms with Gasteiger partial charge in [-0.1, -0.05) is 31.2 Å². The zero-order chi connectivity index (χ0) is 17.2. The average molecular weight is 318 g/mol. The third-order valence-electron chi connectivity index (χ3n) is 2.70. The van der Waals surface area contributed by atoms with Crippen LogP contribution in [0.25, 0.3) is 0 Å². The Hall–Kier alpha value is -3.02. The van der Waals surface area contributed by atoms with Crippen molar-refractivity contribution in [3.8, 4) is 11.5 Å². The predicted octanol–water partition coefficient (Wildman–Crippen LogP) is 3.05. The van der Waals surface area contributed by atoms with Crippen LogP contribution < -0.4 is 0 Å². The number of benzene rings is 2. The van der Waals surface area contributed by atoms with Gasteiger partial charge >= 0.3 is 11.9 Å². The molecule has 0 bridgehead atoms. The molecule has 0 spiro atoms. The molecule has 0 aliphatic rings. The number of hydrogen-bond acceptors (Lipinski definition) is 5. The number of aromatic carboxylic acids is 1. The van der Waals surface area contributed by atoms with Crippen LogP contribution in [-0.2, 0) is 4.74 Å². The van der Waals surface area contributed by atoms with Crippen molar-refractivity contribution in [3.63, 3.8) is 0 Å². The lowest BCUT2D eigenvalue weighted by molar-refractivity contribution is 0.0501. The van der Waals surface area contributed by atoms with Gasteiger partial charge in [0.2, 0.25) is 0 Å². The molecular formula is C17H18O6. The molecule has 0 aromatic heterocycles. The maximum absolute atomic E-state index is 11.2. The number of para-hydroxylation sites is 2. The number of ether oxygens (including phenoxy) is 1. The van der Waals surface area contributed by atoms with Crippen molar-refractivity contribution in [2.75, 3.05) is 6.61 Å². The second kappa shape index (κ2) is 9.09. The fraction of sp³-hybridized carbons (Fsp3) is 0.176. The second-order valence-corrected chi connectivity index (χ2v) is 4.48.